The topological polar surface area (TPSA) is 104 Å². The first-order chi connectivity index (χ1) is 12.6. The second-order valence-corrected chi connectivity index (χ2v) is 6.08. The van der Waals surface area contributed by atoms with E-state index in [0.717, 1.165) is 0 Å². The van der Waals surface area contributed by atoms with E-state index in [1.807, 2.05) is 0 Å². The number of ether oxygens (including phenoxy) is 1. The molecule has 2 amide bonds. The van der Waals surface area contributed by atoms with Crippen LogP contribution in [0.2, 0.25) is 0 Å². The molecule has 1 aliphatic rings. The van der Waals surface area contributed by atoms with Gasteiger partial charge in [-0.3, -0.25) is 14.4 Å². The maximum absolute atomic E-state index is 12.4. The Morgan fingerprint density at radius 1 is 1.23 bits per heavy atom. The number of rotatable bonds is 4. The third kappa shape index (κ3) is 4.08. The second kappa shape index (κ2) is 7.81. The minimum atomic E-state index is -0.347. The number of aromatic nitrogens is 2. The zero-order chi connectivity index (χ0) is 18.5. The molecule has 26 heavy (non-hydrogen) atoms. The zero-order valence-corrected chi connectivity index (χ0v) is 14.4. The number of likely N-dealkylation sites (tertiary alicyclic amines) is 1. The standard InChI is InChI=1S/C18H20N4O4/c1-26-14-4-2-3-12(11-14)17(24)19-13-7-9-22(10-8-13)18(25)15-5-6-16(23)21-20-15/h2-6,11,13H,7-10H2,1H3,(H,19,24)(H,21,23). The van der Waals surface area contributed by atoms with E-state index in [4.69, 9.17) is 4.74 Å². The van der Waals surface area contributed by atoms with E-state index in [2.05, 4.69) is 15.5 Å². The summed E-state index contributed by atoms with van der Waals surface area (Å²) in [5, 5.41) is 9.03. The molecule has 3 rings (SSSR count). The van der Waals surface area contributed by atoms with Crippen LogP contribution >= 0.6 is 0 Å². The minimum absolute atomic E-state index is 0.00119. The van der Waals surface area contributed by atoms with Gasteiger partial charge in [0.15, 0.2) is 0 Å². The van der Waals surface area contributed by atoms with Crippen LogP contribution in [0.25, 0.3) is 0 Å². The van der Waals surface area contributed by atoms with Gasteiger partial charge in [-0.2, -0.15) is 5.10 Å². The Balaban J connectivity index is 1.54. The molecule has 2 aromatic rings. The molecule has 1 aromatic heterocycles. The van der Waals surface area contributed by atoms with E-state index < -0.39 is 0 Å². The molecule has 2 heterocycles. The molecule has 0 saturated carbocycles. The summed E-state index contributed by atoms with van der Waals surface area (Å²) in [4.78, 5) is 37.4. The van der Waals surface area contributed by atoms with Crippen LogP contribution < -0.4 is 15.6 Å². The number of carbonyl (C=O) groups excluding carboxylic acids is 2. The number of nitrogens with one attached hydrogen (secondary N) is 2. The molecule has 1 aromatic carbocycles. The molecular formula is C18H20N4O4. The Kier molecular flexibility index (Phi) is 5.31. The first-order valence-electron chi connectivity index (χ1n) is 8.37. The largest absolute Gasteiger partial charge is 0.497 e. The van der Waals surface area contributed by atoms with Gasteiger partial charge in [-0.1, -0.05) is 6.07 Å². The van der Waals surface area contributed by atoms with Gasteiger partial charge in [0.25, 0.3) is 17.4 Å². The van der Waals surface area contributed by atoms with Gasteiger partial charge in [0.2, 0.25) is 0 Å². The molecule has 0 atom stereocenters. The van der Waals surface area contributed by atoms with E-state index in [0.29, 0.717) is 37.2 Å². The molecule has 0 unspecified atom stereocenters. The van der Waals surface area contributed by atoms with Crippen molar-refractivity contribution >= 4 is 11.8 Å². The Hall–Kier alpha value is -3.16. The summed E-state index contributed by atoms with van der Waals surface area (Å²) < 4.78 is 5.13. The highest BCUT2D eigenvalue weighted by Gasteiger charge is 2.25. The molecule has 2 N–H and O–H groups in total. The quantitative estimate of drug-likeness (QED) is 0.844. The third-order valence-electron chi connectivity index (χ3n) is 4.35. The summed E-state index contributed by atoms with van der Waals surface area (Å²) in [6.45, 7) is 1.03. The fourth-order valence-electron chi connectivity index (χ4n) is 2.89. The highest BCUT2D eigenvalue weighted by Crippen LogP contribution is 2.15. The average Bonchev–Trinajstić information content (AvgIpc) is 2.68. The molecule has 8 nitrogen and oxygen atoms in total. The highest BCUT2D eigenvalue weighted by molar-refractivity contribution is 5.95. The summed E-state index contributed by atoms with van der Waals surface area (Å²) in [6, 6.07) is 9.67. The van der Waals surface area contributed by atoms with Crippen LogP contribution in [0.4, 0.5) is 0 Å². The number of methoxy groups -OCH3 is 1. The Bertz CT molecular complexity index is 836. The Morgan fingerprint density at radius 2 is 2.00 bits per heavy atom. The van der Waals surface area contributed by atoms with Gasteiger partial charge in [-0.15, -0.1) is 0 Å². The Morgan fingerprint density at radius 3 is 2.65 bits per heavy atom. The van der Waals surface area contributed by atoms with E-state index in [-0.39, 0.29) is 29.1 Å². The lowest BCUT2D eigenvalue weighted by atomic mass is 10.0. The Labute approximate surface area is 150 Å². The van der Waals surface area contributed by atoms with E-state index >= 15 is 0 Å². The van der Waals surface area contributed by atoms with Gasteiger partial charge >= 0.3 is 0 Å². The van der Waals surface area contributed by atoms with Gasteiger partial charge in [-0.05, 0) is 37.1 Å². The molecule has 0 bridgehead atoms. The van der Waals surface area contributed by atoms with Crippen LogP contribution in [0.3, 0.4) is 0 Å². The lowest BCUT2D eigenvalue weighted by molar-refractivity contribution is 0.0691. The predicted octanol–water partition coefficient (Wildman–Crippen LogP) is 0.813. The summed E-state index contributed by atoms with van der Waals surface area (Å²) in [6.07, 6.45) is 1.32. The predicted molar refractivity (Wildman–Crippen MR) is 94.2 cm³/mol. The van der Waals surface area contributed by atoms with Crippen molar-refractivity contribution in [2.45, 2.75) is 18.9 Å². The maximum Gasteiger partial charge on any atom is 0.274 e. The number of aromatic amines is 1. The number of hydrogen-bond donors (Lipinski definition) is 2. The van der Waals surface area contributed by atoms with Gasteiger partial charge in [-0.25, -0.2) is 5.10 Å². The molecule has 136 valence electrons. The first kappa shape index (κ1) is 17.7. The number of carbonyl (C=O) groups is 2. The van der Waals surface area contributed by atoms with Gasteiger partial charge in [0.1, 0.15) is 11.4 Å². The summed E-state index contributed by atoms with van der Waals surface area (Å²) in [7, 11) is 1.56. The third-order valence-corrected chi connectivity index (χ3v) is 4.35. The normalized spacial score (nSPS) is 14.7. The zero-order valence-electron chi connectivity index (χ0n) is 14.4. The van der Waals surface area contributed by atoms with E-state index in [1.165, 1.54) is 12.1 Å². The van der Waals surface area contributed by atoms with Crippen LogP contribution in [-0.4, -0.2) is 53.2 Å². The SMILES string of the molecule is COc1cccc(C(=O)NC2CCN(C(=O)c3ccc(=O)[nH]n3)CC2)c1. The molecule has 0 spiro atoms. The van der Waals surface area contributed by atoms with Crippen molar-refractivity contribution in [3.63, 3.8) is 0 Å². The molecule has 0 radical (unpaired) electrons. The molecule has 0 aliphatic carbocycles. The number of H-pyrrole nitrogens is 1. The highest BCUT2D eigenvalue weighted by atomic mass is 16.5. The van der Waals surface area contributed by atoms with Crippen molar-refractivity contribution in [3.8, 4) is 5.75 Å². The van der Waals surface area contributed by atoms with E-state index in [9.17, 15) is 14.4 Å². The van der Waals surface area contributed by atoms with Gasteiger partial charge in [0, 0.05) is 30.8 Å². The summed E-state index contributed by atoms with van der Waals surface area (Å²) >= 11 is 0. The molecule has 1 aliphatic heterocycles. The van der Waals surface area contributed by atoms with Crippen LogP contribution in [0.15, 0.2) is 41.2 Å². The number of hydrogen-bond acceptors (Lipinski definition) is 5. The summed E-state index contributed by atoms with van der Waals surface area (Å²) in [5.74, 6) is 0.251. The monoisotopic (exact) mass is 356 g/mol. The van der Waals surface area contributed by atoms with Crippen molar-refractivity contribution in [1.82, 2.24) is 20.4 Å². The lowest BCUT2D eigenvalue weighted by Crippen LogP contribution is -2.46. The number of piperidine rings is 1. The number of benzene rings is 1. The molecule has 1 fully saturated rings. The molecule has 8 heteroatoms. The smallest absolute Gasteiger partial charge is 0.274 e. The molecular weight excluding hydrogens is 336 g/mol. The van der Waals surface area contributed by atoms with Crippen molar-refractivity contribution in [2.75, 3.05) is 20.2 Å². The fraction of sp³-hybridized carbons (Fsp3) is 0.333. The van der Waals surface area contributed by atoms with E-state index in [1.54, 1.807) is 36.3 Å². The molecule has 1 saturated heterocycles. The van der Waals surface area contributed by atoms with Crippen molar-refractivity contribution < 1.29 is 14.3 Å². The van der Waals surface area contributed by atoms with Crippen LogP contribution in [0, 0.1) is 0 Å². The first-order valence-corrected chi connectivity index (χ1v) is 8.37. The number of nitrogens with zero attached hydrogens (tertiary/aromatic N) is 2. The van der Waals surface area contributed by atoms with Crippen LogP contribution in [0.5, 0.6) is 5.75 Å². The summed E-state index contributed by atoms with van der Waals surface area (Å²) in [5.41, 5.74) is 0.407. The van der Waals surface area contributed by atoms with Crippen molar-refractivity contribution in [2.24, 2.45) is 0 Å². The number of amides is 2. The van der Waals surface area contributed by atoms with Crippen LogP contribution in [-0.2, 0) is 0 Å². The lowest BCUT2D eigenvalue weighted by Gasteiger charge is -2.32. The van der Waals surface area contributed by atoms with Crippen molar-refractivity contribution in [3.05, 3.63) is 58.0 Å². The maximum atomic E-state index is 12.4. The van der Waals surface area contributed by atoms with Crippen LogP contribution in [0.1, 0.15) is 33.7 Å². The van der Waals surface area contributed by atoms with Gasteiger partial charge < -0.3 is 15.0 Å². The van der Waals surface area contributed by atoms with Crippen molar-refractivity contribution in [1.29, 1.82) is 0 Å². The minimum Gasteiger partial charge on any atom is -0.497 e. The average molecular weight is 356 g/mol. The second-order valence-electron chi connectivity index (χ2n) is 6.08. The fourth-order valence-corrected chi connectivity index (χ4v) is 2.89. The van der Waals surface area contributed by atoms with Gasteiger partial charge in [0.05, 0.1) is 7.11 Å².